The highest BCUT2D eigenvalue weighted by Gasteiger charge is 2.17. The van der Waals surface area contributed by atoms with E-state index in [4.69, 9.17) is 15.2 Å². The highest BCUT2D eigenvalue weighted by atomic mass is 16.5. The van der Waals surface area contributed by atoms with Crippen molar-refractivity contribution in [3.63, 3.8) is 0 Å². The summed E-state index contributed by atoms with van der Waals surface area (Å²) in [5, 5.41) is 0. The van der Waals surface area contributed by atoms with Crippen LogP contribution in [0.1, 0.15) is 44.1 Å². The highest BCUT2D eigenvalue weighted by molar-refractivity contribution is 5.25. The minimum absolute atomic E-state index is 0.195. The molecule has 1 saturated heterocycles. The molecule has 1 atom stereocenters. The lowest BCUT2D eigenvalue weighted by atomic mass is 10.2. The van der Waals surface area contributed by atoms with Crippen molar-refractivity contribution in [2.75, 3.05) is 13.2 Å². The Labute approximate surface area is 108 Å². The summed E-state index contributed by atoms with van der Waals surface area (Å²) in [7, 11) is 0. The minimum atomic E-state index is 0.195. The maximum absolute atomic E-state index is 5.72. The van der Waals surface area contributed by atoms with Crippen LogP contribution in [0.25, 0.3) is 0 Å². The van der Waals surface area contributed by atoms with Crippen molar-refractivity contribution in [2.24, 2.45) is 5.73 Å². The number of nitrogens with zero attached hydrogens (tertiary/aromatic N) is 2. The van der Waals surface area contributed by atoms with E-state index < -0.39 is 0 Å². The number of aromatic nitrogens is 2. The Kier molecular flexibility index (Phi) is 4.49. The summed E-state index contributed by atoms with van der Waals surface area (Å²) in [6.07, 6.45) is 4.09. The van der Waals surface area contributed by atoms with Gasteiger partial charge in [-0.05, 0) is 12.8 Å². The third kappa shape index (κ3) is 3.17. The number of hydrogen-bond acceptors (Lipinski definition) is 5. The zero-order chi connectivity index (χ0) is 13.0. The Morgan fingerprint density at radius 2 is 2.39 bits per heavy atom. The van der Waals surface area contributed by atoms with E-state index in [1.807, 2.05) is 0 Å². The predicted molar refractivity (Wildman–Crippen MR) is 68.5 cm³/mol. The predicted octanol–water partition coefficient (Wildman–Crippen LogP) is 1.62. The summed E-state index contributed by atoms with van der Waals surface area (Å²) in [6, 6.07) is 0. The molecule has 5 heteroatoms. The van der Waals surface area contributed by atoms with Crippen LogP contribution >= 0.6 is 0 Å². The van der Waals surface area contributed by atoms with E-state index in [2.05, 4.69) is 23.8 Å². The lowest BCUT2D eigenvalue weighted by Gasteiger charge is -2.14. The van der Waals surface area contributed by atoms with Crippen molar-refractivity contribution >= 4 is 0 Å². The molecule has 1 aromatic heterocycles. The molecule has 2 N–H and O–H groups in total. The van der Waals surface area contributed by atoms with Crippen molar-refractivity contribution in [1.29, 1.82) is 0 Å². The smallest absolute Gasteiger partial charge is 0.160 e. The summed E-state index contributed by atoms with van der Waals surface area (Å²) in [5.41, 5.74) is 6.47. The Bertz CT molecular complexity index is 390. The molecule has 1 unspecified atom stereocenters. The number of hydrogen-bond donors (Lipinski definition) is 1. The maximum Gasteiger partial charge on any atom is 0.160 e. The van der Waals surface area contributed by atoms with Gasteiger partial charge < -0.3 is 15.2 Å². The third-order valence-electron chi connectivity index (χ3n) is 3.01. The zero-order valence-corrected chi connectivity index (χ0v) is 11.1. The van der Waals surface area contributed by atoms with E-state index in [0.29, 0.717) is 24.8 Å². The summed E-state index contributed by atoms with van der Waals surface area (Å²) in [4.78, 5) is 8.73. The second-order valence-electron chi connectivity index (χ2n) is 4.84. The van der Waals surface area contributed by atoms with Gasteiger partial charge in [0.05, 0.1) is 18.0 Å². The second-order valence-corrected chi connectivity index (χ2v) is 4.84. The van der Waals surface area contributed by atoms with Gasteiger partial charge in [0.25, 0.3) is 0 Å². The van der Waals surface area contributed by atoms with E-state index in [1.54, 1.807) is 6.20 Å². The lowest BCUT2D eigenvalue weighted by Crippen LogP contribution is -2.18. The van der Waals surface area contributed by atoms with Crippen molar-refractivity contribution in [1.82, 2.24) is 9.97 Å². The van der Waals surface area contributed by atoms with Crippen molar-refractivity contribution in [3.05, 3.63) is 17.7 Å². The molecule has 1 aliphatic heterocycles. The summed E-state index contributed by atoms with van der Waals surface area (Å²) in [5.74, 6) is 1.78. The number of nitrogens with two attached hydrogens (primary N) is 1. The molecule has 2 rings (SSSR count). The van der Waals surface area contributed by atoms with Crippen LogP contribution in [0.15, 0.2) is 6.20 Å². The summed E-state index contributed by atoms with van der Waals surface area (Å²) in [6.45, 7) is 5.87. The quantitative estimate of drug-likeness (QED) is 0.861. The molecule has 1 aliphatic rings. The minimum Gasteiger partial charge on any atom is -0.487 e. The summed E-state index contributed by atoms with van der Waals surface area (Å²) < 4.78 is 11.2. The average molecular weight is 251 g/mol. The van der Waals surface area contributed by atoms with Gasteiger partial charge in [0.2, 0.25) is 0 Å². The second kappa shape index (κ2) is 6.11. The molecule has 1 fully saturated rings. The highest BCUT2D eigenvalue weighted by Crippen LogP contribution is 2.20. The number of rotatable bonds is 5. The first kappa shape index (κ1) is 13.2. The lowest BCUT2D eigenvalue weighted by molar-refractivity contribution is 0.0673. The van der Waals surface area contributed by atoms with Crippen LogP contribution in [0.3, 0.4) is 0 Å². The molecule has 1 aromatic rings. The fraction of sp³-hybridized carbons (Fsp3) is 0.692. The molecule has 0 saturated carbocycles. The van der Waals surface area contributed by atoms with Crippen LogP contribution in [0.4, 0.5) is 0 Å². The standard InChI is InChI=1S/C13H21N3O2/c1-9(2)13-15-7-12(11(6-14)16-13)18-8-10-4-3-5-17-10/h7,9-10H,3-6,8,14H2,1-2H3. The van der Waals surface area contributed by atoms with Crippen molar-refractivity contribution in [2.45, 2.75) is 45.3 Å². The molecule has 0 aliphatic carbocycles. The van der Waals surface area contributed by atoms with E-state index in [1.165, 1.54) is 0 Å². The van der Waals surface area contributed by atoms with Crippen LogP contribution in [-0.2, 0) is 11.3 Å². The molecular formula is C13H21N3O2. The Balaban J connectivity index is 2.02. The first-order valence-corrected chi connectivity index (χ1v) is 6.51. The van der Waals surface area contributed by atoms with Crippen LogP contribution in [-0.4, -0.2) is 29.3 Å². The van der Waals surface area contributed by atoms with Crippen LogP contribution in [0.5, 0.6) is 5.75 Å². The van der Waals surface area contributed by atoms with E-state index >= 15 is 0 Å². The fourth-order valence-corrected chi connectivity index (χ4v) is 1.93. The molecule has 0 aromatic carbocycles. The molecule has 0 radical (unpaired) electrons. The Morgan fingerprint density at radius 1 is 1.56 bits per heavy atom. The van der Waals surface area contributed by atoms with Gasteiger partial charge in [-0.2, -0.15) is 0 Å². The van der Waals surface area contributed by atoms with Gasteiger partial charge in [-0.1, -0.05) is 13.8 Å². The van der Waals surface area contributed by atoms with Crippen LogP contribution in [0.2, 0.25) is 0 Å². The molecule has 2 heterocycles. The monoisotopic (exact) mass is 251 g/mol. The van der Waals surface area contributed by atoms with E-state index in [-0.39, 0.29) is 6.10 Å². The van der Waals surface area contributed by atoms with Gasteiger partial charge in [0.1, 0.15) is 12.4 Å². The molecule has 0 spiro atoms. The van der Waals surface area contributed by atoms with Crippen LogP contribution in [0, 0.1) is 0 Å². The van der Waals surface area contributed by atoms with Gasteiger partial charge >= 0.3 is 0 Å². The number of ether oxygens (including phenoxy) is 2. The Morgan fingerprint density at radius 3 is 3.00 bits per heavy atom. The molecule has 100 valence electrons. The molecule has 18 heavy (non-hydrogen) atoms. The first-order chi connectivity index (χ1) is 8.70. The van der Waals surface area contributed by atoms with E-state index in [9.17, 15) is 0 Å². The maximum atomic E-state index is 5.72. The molecular weight excluding hydrogens is 230 g/mol. The SMILES string of the molecule is CC(C)c1ncc(OCC2CCCO2)c(CN)n1. The normalized spacial score (nSPS) is 19.4. The fourth-order valence-electron chi connectivity index (χ4n) is 1.93. The Hall–Kier alpha value is -1.20. The van der Waals surface area contributed by atoms with Gasteiger partial charge in [0, 0.05) is 19.1 Å². The van der Waals surface area contributed by atoms with E-state index in [0.717, 1.165) is 31.0 Å². The topological polar surface area (TPSA) is 70.3 Å². The summed E-state index contributed by atoms with van der Waals surface area (Å²) >= 11 is 0. The van der Waals surface area contributed by atoms with Crippen LogP contribution < -0.4 is 10.5 Å². The van der Waals surface area contributed by atoms with Gasteiger partial charge in [-0.15, -0.1) is 0 Å². The van der Waals surface area contributed by atoms with Gasteiger partial charge in [-0.3, -0.25) is 0 Å². The third-order valence-corrected chi connectivity index (χ3v) is 3.01. The molecule has 0 amide bonds. The molecule has 5 nitrogen and oxygen atoms in total. The zero-order valence-electron chi connectivity index (χ0n) is 11.1. The molecule has 0 bridgehead atoms. The van der Waals surface area contributed by atoms with Gasteiger partial charge in [0.15, 0.2) is 5.75 Å². The van der Waals surface area contributed by atoms with Gasteiger partial charge in [-0.25, -0.2) is 9.97 Å². The largest absolute Gasteiger partial charge is 0.487 e. The first-order valence-electron chi connectivity index (χ1n) is 6.51. The average Bonchev–Trinajstić information content (AvgIpc) is 2.89. The van der Waals surface area contributed by atoms with Crippen molar-refractivity contribution in [3.8, 4) is 5.75 Å². The van der Waals surface area contributed by atoms with Crippen molar-refractivity contribution < 1.29 is 9.47 Å².